The van der Waals surface area contributed by atoms with Gasteiger partial charge in [0, 0.05) is 24.7 Å². The lowest BCUT2D eigenvalue weighted by Gasteiger charge is -2.33. The smallest absolute Gasteiger partial charge is 0.261 e. The van der Waals surface area contributed by atoms with E-state index in [9.17, 15) is 20.0 Å². The quantitative estimate of drug-likeness (QED) is 0.513. The number of likely N-dealkylation sites (tertiary alicyclic amines) is 1. The fourth-order valence-corrected chi connectivity index (χ4v) is 3.82. The molecule has 8 heteroatoms. The van der Waals surface area contributed by atoms with Gasteiger partial charge < -0.3 is 20.1 Å². The minimum atomic E-state index is -0.472. The molecule has 0 spiro atoms. The molecule has 32 heavy (non-hydrogen) atoms. The topological polar surface area (TPSA) is 103 Å². The van der Waals surface area contributed by atoms with Crippen molar-refractivity contribution in [3.63, 3.8) is 0 Å². The number of phenolic OH excluding ortho intramolecular Hbond substituents is 1. The van der Waals surface area contributed by atoms with Crippen LogP contribution in [-0.4, -0.2) is 48.6 Å². The number of halogens is 1. The second-order valence-corrected chi connectivity index (χ2v) is 8.01. The second-order valence-electron chi connectivity index (χ2n) is 7.58. The number of hydrogen-bond donors (Lipinski definition) is 2. The van der Waals surface area contributed by atoms with E-state index >= 15 is 0 Å². The lowest BCUT2D eigenvalue weighted by Crippen LogP contribution is -2.44. The number of amides is 2. The zero-order valence-corrected chi connectivity index (χ0v) is 18.4. The van der Waals surface area contributed by atoms with Crippen molar-refractivity contribution in [3.8, 4) is 17.6 Å². The molecule has 3 rings (SSSR count). The highest BCUT2D eigenvalue weighted by Crippen LogP contribution is 2.26. The summed E-state index contributed by atoms with van der Waals surface area (Å²) in [6, 6.07) is 13.1. The first-order valence-electron chi connectivity index (χ1n) is 10.2. The minimum Gasteiger partial charge on any atom is -0.508 e. The van der Waals surface area contributed by atoms with E-state index in [1.807, 2.05) is 6.07 Å². The molecule has 0 saturated carbocycles. The summed E-state index contributed by atoms with van der Waals surface area (Å²) in [5.41, 5.74) is 1.02. The summed E-state index contributed by atoms with van der Waals surface area (Å²) < 4.78 is 5.30. The summed E-state index contributed by atoms with van der Waals surface area (Å²) in [6.07, 6.45) is 3.14. The van der Waals surface area contributed by atoms with Crippen molar-refractivity contribution in [2.45, 2.75) is 12.8 Å². The number of hydrogen-bond acceptors (Lipinski definition) is 5. The van der Waals surface area contributed by atoms with E-state index in [4.69, 9.17) is 16.3 Å². The molecule has 1 aliphatic heterocycles. The van der Waals surface area contributed by atoms with Crippen LogP contribution in [0.4, 0.5) is 0 Å². The van der Waals surface area contributed by atoms with Crippen LogP contribution in [0.2, 0.25) is 5.02 Å². The van der Waals surface area contributed by atoms with E-state index in [1.54, 1.807) is 35.2 Å². The minimum absolute atomic E-state index is 0.0249. The maximum Gasteiger partial charge on any atom is 0.261 e. The summed E-state index contributed by atoms with van der Waals surface area (Å²) in [6.45, 7) is 1.45. The van der Waals surface area contributed by atoms with Crippen molar-refractivity contribution >= 4 is 29.5 Å². The van der Waals surface area contributed by atoms with E-state index in [-0.39, 0.29) is 23.1 Å². The Kier molecular flexibility index (Phi) is 7.74. The first-order valence-corrected chi connectivity index (χ1v) is 10.6. The summed E-state index contributed by atoms with van der Waals surface area (Å²) >= 11 is 6.06. The standard InChI is InChI=1S/C24H24ClN3O4/c1-32-22-9-6-19(25)12-21(22)24(31)28-10-2-3-17(15-28)14-27-23(30)18(13-26)11-16-4-7-20(29)8-5-16/h4-9,11-12,17,29H,2-3,10,14-15H2,1H3,(H,27,30)/b18-11+. The molecule has 0 aliphatic carbocycles. The number of methoxy groups -OCH3 is 1. The fourth-order valence-electron chi connectivity index (χ4n) is 3.65. The van der Waals surface area contributed by atoms with Crippen LogP contribution in [0.5, 0.6) is 11.5 Å². The van der Waals surface area contributed by atoms with Crippen molar-refractivity contribution < 1.29 is 19.4 Å². The molecule has 0 aromatic heterocycles. The molecule has 0 radical (unpaired) electrons. The Hall–Kier alpha value is -3.50. The number of carbonyl (C=O) groups is 2. The third-order valence-electron chi connectivity index (χ3n) is 5.32. The monoisotopic (exact) mass is 453 g/mol. The van der Waals surface area contributed by atoms with Crippen LogP contribution in [0.3, 0.4) is 0 Å². The summed E-state index contributed by atoms with van der Waals surface area (Å²) in [5, 5.41) is 22.0. The molecular formula is C24H24ClN3O4. The molecule has 0 bridgehead atoms. The molecule has 1 heterocycles. The summed E-state index contributed by atoms with van der Waals surface area (Å²) in [7, 11) is 1.51. The first-order chi connectivity index (χ1) is 15.4. The molecule has 2 amide bonds. The van der Waals surface area contributed by atoms with Gasteiger partial charge in [-0.2, -0.15) is 5.26 Å². The van der Waals surface area contributed by atoms with Crippen molar-refractivity contribution in [1.29, 1.82) is 5.26 Å². The molecule has 166 valence electrons. The SMILES string of the molecule is COc1ccc(Cl)cc1C(=O)N1CCCC(CNC(=O)/C(C#N)=C/c2ccc(O)cc2)C1. The largest absolute Gasteiger partial charge is 0.508 e. The van der Waals surface area contributed by atoms with Gasteiger partial charge in [0.15, 0.2) is 0 Å². The molecule has 1 aliphatic rings. The Balaban J connectivity index is 1.62. The van der Waals surface area contributed by atoms with Crippen LogP contribution in [0.25, 0.3) is 6.08 Å². The third kappa shape index (κ3) is 5.80. The van der Waals surface area contributed by atoms with Crippen molar-refractivity contribution in [2.75, 3.05) is 26.7 Å². The van der Waals surface area contributed by atoms with Crippen molar-refractivity contribution in [2.24, 2.45) is 5.92 Å². The van der Waals surface area contributed by atoms with Gasteiger partial charge in [0.05, 0.1) is 12.7 Å². The summed E-state index contributed by atoms with van der Waals surface area (Å²) in [4.78, 5) is 27.3. The Labute approximate surface area is 191 Å². The van der Waals surface area contributed by atoms with Crippen molar-refractivity contribution in [3.05, 3.63) is 64.2 Å². The van der Waals surface area contributed by atoms with Crippen LogP contribution in [-0.2, 0) is 4.79 Å². The van der Waals surface area contributed by atoms with Gasteiger partial charge in [-0.25, -0.2) is 0 Å². The molecule has 2 N–H and O–H groups in total. The van der Waals surface area contributed by atoms with Gasteiger partial charge in [-0.15, -0.1) is 0 Å². The zero-order chi connectivity index (χ0) is 23.1. The van der Waals surface area contributed by atoms with Gasteiger partial charge in [-0.3, -0.25) is 9.59 Å². The van der Waals surface area contributed by atoms with Gasteiger partial charge in [0.1, 0.15) is 23.1 Å². The Morgan fingerprint density at radius 2 is 2.06 bits per heavy atom. The summed E-state index contributed by atoms with van der Waals surface area (Å²) in [5.74, 6) is 0.00561. The molecule has 1 unspecified atom stereocenters. The second kappa shape index (κ2) is 10.7. The Morgan fingerprint density at radius 1 is 1.31 bits per heavy atom. The Bertz CT molecular complexity index is 1060. The average molecular weight is 454 g/mol. The number of nitriles is 1. The predicted octanol–water partition coefficient (Wildman–Crippen LogP) is 3.63. The van der Waals surface area contributed by atoms with E-state index in [2.05, 4.69) is 5.32 Å². The van der Waals surface area contributed by atoms with E-state index < -0.39 is 5.91 Å². The lowest BCUT2D eigenvalue weighted by molar-refractivity contribution is -0.117. The number of piperidine rings is 1. The lowest BCUT2D eigenvalue weighted by atomic mass is 9.97. The van der Waals surface area contributed by atoms with Crippen LogP contribution in [0.15, 0.2) is 48.0 Å². The predicted molar refractivity (Wildman–Crippen MR) is 121 cm³/mol. The number of ether oxygens (including phenoxy) is 1. The van der Waals surface area contributed by atoms with Gasteiger partial charge in [-0.05, 0) is 60.7 Å². The van der Waals surface area contributed by atoms with Crippen LogP contribution < -0.4 is 10.1 Å². The maximum atomic E-state index is 13.0. The van der Waals surface area contributed by atoms with E-state index in [1.165, 1.54) is 25.3 Å². The average Bonchev–Trinajstić information content (AvgIpc) is 2.81. The molecule has 1 atom stereocenters. The van der Waals surface area contributed by atoms with E-state index in [0.29, 0.717) is 41.5 Å². The number of benzene rings is 2. The maximum absolute atomic E-state index is 13.0. The first kappa shape index (κ1) is 23.2. The fraction of sp³-hybridized carbons (Fsp3) is 0.292. The van der Waals surface area contributed by atoms with Crippen LogP contribution in [0, 0.1) is 17.2 Å². The number of rotatable bonds is 6. The molecule has 7 nitrogen and oxygen atoms in total. The molecule has 1 saturated heterocycles. The van der Waals surface area contributed by atoms with Crippen LogP contribution >= 0.6 is 11.6 Å². The molecule has 2 aromatic carbocycles. The highest BCUT2D eigenvalue weighted by Gasteiger charge is 2.27. The van der Waals surface area contributed by atoms with Gasteiger partial charge in [0.2, 0.25) is 0 Å². The third-order valence-corrected chi connectivity index (χ3v) is 5.55. The molecule has 2 aromatic rings. The molecule has 1 fully saturated rings. The Morgan fingerprint density at radius 3 is 2.75 bits per heavy atom. The normalized spacial score (nSPS) is 16.2. The van der Waals surface area contributed by atoms with Crippen LogP contribution in [0.1, 0.15) is 28.8 Å². The number of aromatic hydroxyl groups is 1. The number of nitrogens with zero attached hydrogens (tertiary/aromatic N) is 2. The van der Waals surface area contributed by atoms with E-state index in [0.717, 1.165) is 12.8 Å². The highest BCUT2D eigenvalue weighted by atomic mass is 35.5. The molecular weight excluding hydrogens is 430 g/mol. The van der Waals surface area contributed by atoms with Gasteiger partial charge in [0.25, 0.3) is 11.8 Å². The van der Waals surface area contributed by atoms with Gasteiger partial charge >= 0.3 is 0 Å². The van der Waals surface area contributed by atoms with Gasteiger partial charge in [-0.1, -0.05) is 23.7 Å². The highest BCUT2D eigenvalue weighted by molar-refractivity contribution is 6.31. The zero-order valence-electron chi connectivity index (χ0n) is 17.7. The van der Waals surface area contributed by atoms with Crippen molar-refractivity contribution in [1.82, 2.24) is 10.2 Å². The number of nitrogens with one attached hydrogen (secondary N) is 1. The number of phenols is 1. The number of carbonyl (C=O) groups excluding carboxylic acids is 2.